The Balaban J connectivity index is 2.23. The summed E-state index contributed by atoms with van der Waals surface area (Å²) in [5, 5.41) is 0. The molecule has 0 radical (unpaired) electrons. The lowest BCUT2D eigenvalue weighted by Crippen LogP contribution is -2.43. The fourth-order valence-corrected chi connectivity index (χ4v) is 4.16. The summed E-state index contributed by atoms with van der Waals surface area (Å²) in [5.41, 5.74) is 6.29. The van der Waals surface area contributed by atoms with Crippen LogP contribution in [-0.2, 0) is 0 Å². The van der Waals surface area contributed by atoms with Crippen LogP contribution in [0.3, 0.4) is 0 Å². The van der Waals surface area contributed by atoms with E-state index in [1.54, 1.807) is 0 Å². The standard InChI is InChI=1S/C15H26N2S/c1-11-7-5-4-6-10-17(11)15(13(3)16)14-9-8-12(2)18-14/h8-9,11,13,15H,4-7,10,16H2,1-3H3. The number of hydrogen-bond acceptors (Lipinski definition) is 3. The molecule has 1 aromatic heterocycles. The van der Waals surface area contributed by atoms with Gasteiger partial charge in [-0.15, -0.1) is 11.3 Å². The Kier molecular flexibility index (Phi) is 4.82. The van der Waals surface area contributed by atoms with E-state index in [-0.39, 0.29) is 6.04 Å². The van der Waals surface area contributed by atoms with Gasteiger partial charge in [-0.3, -0.25) is 4.90 Å². The molecule has 2 nitrogen and oxygen atoms in total. The van der Waals surface area contributed by atoms with Crippen molar-refractivity contribution in [2.45, 2.75) is 64.6 Å². The number of aryl methyl sites for hydroxylation is 1. The number of rotatable bonds is 3. The third-order valence-electron chi connectivity index (χ3n) is 4.01. The van der Waals surface area contributed by atoms with Crippen LogP contribution in [0.1, 0.15) is 55.3 Å². The Hall–Kier alpha value is -0.380. The average molecular weight is 266 g/mol. The first-order chi connectivity index (χ1) is 8.59. The predicted molar refractivity (Wildman–Crippen MR) is 80.1 cm³/mol. The molecule has 0 spiro atoms. The van der Waals surface area contributed by atoms with Crippen LogP contribution in [0.15, 0.2) is 12.1 Å². The minimum absolute atomic E-state index is 0.198. The number of nitrogens with two attached hydrogens (primary N) is 1. The normalized spacial score (nSPS) is 25.7. The molecule has 1 aromatic rings. The number of likely N-dealkylation sites (tertiary alicyclic amines) is 1. The molecule has 2 heterocycles. The molecule has 1 aliphatic rings. The van der Waals surface area contributed by atoms with Crippen LogP contribution in [0.4, 0.5) is 0 Å². The van der Waals surface area contributed by atoms with E-state index in [1.807, 2.05) is 11.3 Å². The van der Waals surface area contributed by atoms with Gasteiger partial charge in [-0.2, -0.15) is 0 Å². The van der Waals surface area contributed by atoms with Crippen molar-refractivity contribution in [1.29, 1.82) is 0 Å². The quantitative estimate of drug-likeness (QED) is 0.903. The molecule has 0 saturated carbocycles. The maximum atomic E-state index is 6.29. The zero-order valence-corrected chi connectivity index (χ0v) is 12.7. The maximum absolute atomic E-state index is 6.29. The average Bonchev–Trinajstić information content (AvgIpc) is 2.61. The van der Waals surface area contributed by atoms with Gasteiger partial charge in [0.05, 0.1) is 6.04 Å². The first-order valence-corrected chi connectivity index (χ1v) is 7.99. The molecular weight excluding hydrogens is 240 g/mol. The van der Waals surface area contributed by atoms with Gasteiger partial charge in [-0.25, -0.2) is 0 Å². The summed E-state index contributed by atoms with van der Waals surface area (Å²) in [6, 6.07) is 5.75. The summed E-state index contributed by atoms with van der Waals surface area (Å²) < 4.78 is 0. The van der Waals surface area contributed by atoms with Gasteiger partial charge in [0.1, 0.15) is 0 Å². The van der Waals surface area contributed by atoms with Crippen LogP contribution in [0.2, 0.25) is 0 Å². The summed E-state index contributed by atoms with van der Waals surface area (Å²) >= 11 is 1.90. The molecule has 2 rings (SSSR count). The molecule has 1 aliphatic heterocycles. The van der Waals surface area contributed by atoms with E-state index in [9.17, 15) is 0 Å². The van der Waals surface area contributed by atoms with Crippen molar-refractivity contribution in [2.75, 3.05) is 6.54 Å². The van der Waals surface area contributed by atoms with E-state index in [1.165, 1.54) is 42.0 Å². The summed E-state index contributed by atoms with van der Waals surface area (Å²) in [6.07, 6.45) is 5.37. The Bertz CT molecular complexity index is 372. The minimum Gasteiger partial charge on any atom is -0.326 e. The smallest absolute Gasteiger partial charge is 0.0593 e. The second-order valence-electron chi connectivity index (χ2n) is 5.69. The monoisotopic (exact) mass is 266 g/mol. The van der Waals surface area contributed by atoms with E-state index in [4.69, 9.17) is 5.73 Å². The van der Waals surface area contributed by atoms with Gasteiger partial charge < -0.3 is 5.73 Å². The highest BCUT2D eigenvalue weighted by Gasteiger charge is 2.29. The molecule has 3 heteroatoms. The van der Waals surface area contributed by atoms with Crippen LogP contribution in [-0.4, -0.2) is 23.5 Å². The summed E-state index contributed by atoms with van der Waals surface area (Å²) in [4.78, 5) is 5.47. The van der Waals surface area contributed by atoms with Gasteiger partial charge in [-0.05, 0) is 52.3 Å². The Morgan fingerprint density at radius 3 is 2.72 bits per heavy atom. The SMILES string of the molecule is Cc1ccc(C(C(C)N)N2CCCCCC2C)s1. The topological polar surface area (TPSA) is 29.3 Å². The van der Waals surface area contributed by atoms with Crippen molar-refractivity contribution in [3.63, 3.8) is 0 Å². The van der Waals surface area contributed by atoms with Crippen LogP contribution in [0, 0.1) is 6.92 Å². The van der Waals surface area contributed by atoms with Gasteiger partial charge >= 0.3 is 0 Å². The fourth-order valence-electron chi connectivity index (χ4n) is 3.05. The zero-order valence-electron chi connectivity index (χ0n) is 11.9. The highest BCUT2D eigenvalue weighted by Crippen LogP contribution is 2.33. The highest BCUT2D eigenvalue weighted by atomic mass is 32.1. The van der Waals surface area contributed by atoms with E-state index in [0.717, 1.165) is 0 Å². The molecule has 3 unspecified atom stereocenters. The van der Waals surface area contributed by atoms with Gasteiger partial charge in [0.15, 0.2) is 0 Å². The lowest BCUT2D eigenvalue weighted by Gasteiger charge is -2.37. The van der Waals surface area contributed by atoms with Crippen LogP contribution in [0.25, 0.3) is 0 Å². The molecule has 102 valence electrons. The second kappa shape index (κ2) is 6.18. The molecule has 0 aliphatic carbocycles. The van der Waals surface area contributed by atoms with Crippen LogP contribution < -0.4 is 5.73 Å². The van der Waals surface area contributed by atoms with Gasteiger partial charge in [0.2, 0.25) is 0 Å². The Morgan fingerprint density at radius 2 is 2.11 bits per heavy atom. The van der Waals surface area contributed by atoms with Gasteiger partial charge in [-0.1, -0.05) is 12.8 Å². The molecule has 1 saturated heterocycles. The number of nitrogens with zero attached hydrogens (tertiary/aromatic N) is 1. The largest absolute Gasteiger partial charge is 0.326 e. The van der Waals surface area contributed by atoms with Gasteiger partial charge in [0.25, 0.3) is 0 Å². The molecule has 0 bridgehead atoms. The van der Waals surface area contributed by atoms with E-state index in [2.05, 4.69) is 37.8 Å². The summed E-state index contributed by atoms with van der Waals surface area (Å²) in [7, 11) is 0. The molecule has 18 heavy (non-hydrogen) atoms. The first-order valence-electron chi connectivity index (χ1n) is 7.17. The van der Waals surface area contributed by atoms with Crippen molar-refractivity contribution in [2.24, 2.45) is 5.73 Å². The van der Waals surface area contributed by atoms with Crippen LogP contribution in [0.5, 0.6) is 0 Å². The molecular formula is C15H26N2S. The van der Waals surface area contributed by atoms with Crippen molar-refractivity contribution < 1.29 is 0 Å². The molecule has 1 fully saturated rings. The molecule has 3 atom stereocenters. The third kappa shape index (κ3) is 3.14. The second-order valence-corrected chi connectivity index (χ2v) is 7.01. The Labute approximate surface area is 115 Å². The molecule has 2 N–H and O–H groups in total. The van der Waals surface area contributed by atoms with E-state index in [0.29, 0.717) is 12.1 Å². The van der Waals surface area contributed by atoms with Crippen molar-refractivity contribution in [3.8, 4) is 0 Å². The maximum Gasteiger partial charge on any atom is 0.0593 e. The van der Waals surface area contributed by atoms with Crippen molar-refractivity contribution >= 4 is 11.3 Å². The van der Waals surface area contributed by atoms with Crippen molar-refractivity contribution in [3.05, 3.63) is 21.9 Å². The highest BCUT2D eigenvalue weighted by molar-refractivity contribution is 7.12. The van der Waals surface area contributed by atoms with Crippen molar-refractivity contribution in [1.82, 2.24) is 4.90 Å². The fraction of sp³-hybridized carbons (Fsp3) is 0.733. The van der Waals surface area contributed by atoms with Crippen LogP contribution >= 0.6 is 11.3 Å². The lowest BCUT2D eigenvalue weighted by atomic mass is 10.0. The Morgan fingerprint density at radius 1 is 1.33 bits per heavy atom. The number of thiophene rings is 1. The summed E-state index contributed by atoms with van der Waals surface area (Å²) in [6.45, 7) is 7.89. The first kappa shape index (κ1) is 14.0. The molecule has 0 aromatic carbocycles. The molecule has 0 amide bonds. The predicted octanol–water partition coefficient (Wildman–Crippen LogP) is 3.71. The van der Waals surface area contributed by atoms with E-state index >= 15 is 0 Å². The lowest BCUT2D eigenvalue weighted by molar-refractivity contribution is 0.132. The van der Waals surface area contributed by atoms with Gasteiger partial charge in [0, 0.05) is 21.8 Å². The number of hydrogen-bond donors (Lipinski definition) is 1. The summed E-state index contributed by atoms with van der Waals surface area (Å²) in [5.74, 6) is 0. The zero-order chi connectivity index (χ0) is 13.1. The van der Waals surface area contributed by atoms with E-state index < -0.39 is 0 Å². The third-order valence-corrected chi connectivity index (χ3v) is 5.08. The minimum atomic E-state index is 0.198.